The number of amides is 1. The number of benzene rings is 2. The lowest BCUT2D eigenvalue weighted by Crippen LogP contribution is -2.27. The molecule has 0 radical (unpaired) electrons. The smallest absolute Gasteiger partial charge is 0.352 e. The third kappa shape index (κ3) is 4.78. The molecule has 0 atom stereocenters. The minimum Gasteiger partial charge on any atom is -0.352 e. The summed E-state index contributed by atoms with van der Waals surface area (Å²) in [5, 5.41) is 3.08. The Morgan fingerprint density at radius 3 is 2.54 bits per heavy atom. The normalized spacial score (nSPS) is 11.6. The number of hydrogen-bond donors (Lipinski definition) is 1. The van der Waals surface area contributed by atoms with Gasteiger partial charge in [-0.25, -0.2) is 4.98 Å². The van der Waals surface area contributed by atoms with Gasteiger partial charge in [-0.3, -0.25) is 14.2 Å². The van der Waals surface area contributed by atoms with Crippen LogP contribution in [0.3, 0.4) is 0 Å². The van der Waals surface area contributed by atoms with Gasteiger partial charge >= 0.3 is 6.18 Å². The fraction of sp³-hybridized carbons (Fsp3) is 0.211. The van der Waals surface area contributed by atoms with Crippen LogP contribution < -0.4 is 10.9 Å². The molecule has 0 aliphatic heterocycles. The Labute approximate surface area is 166 Å². The van der Waals surface area contributed by atoms with E-state index >= 15 is 0 Å². The van der Waals surface area contributed by atoms with Gasteiger partial charge in [-0.1, -0.05) is 28.1 Å². The predicted octanol–water partition coefficient (Wildman–Crippen LogP) is 3.88. The van der Waals surface area contributed by atoms with Crippen LogP contribution in [0.5, 0.6) is 0 Å². The van der Waals surface area contributed by atoms with E-state index in [1.54, 1.807) is 18.2 Å². The average Bonchev–Trinajstić information content (AvgIpc) is 2.66. The van der Waals surface area contributed by atoms with Crippen LogP contribution in [0.2, 0.25) is 0 Å². The van der Waals surface area contributed by atoms with Crippen LogP contribution in [-0.2, 0) is 24.1 Å². The first-order valence-electron chi connectivity index (χ1n) is 8.31. The molecule has 3 rings (SSSR count). The SMILES string of the molecule is O=C(CCn1cnc2ccc(Br)cc2c1=O)NCc1ccc(C(F)(F)F)cc1. The van der Waals surface area contributed by atoms with E-state index < -0.39 is 11.7 Å². The Bertz CT molecular complexity index is 1060. The molecule has 0 unspecified atom stereocenters. The number of alkyl halides is 3. The number of carbonyl (C=O) groups is 1. The van der Waals surface area contributed by atoms with Crippen LogP contribution in [-0.4, -0.2) is 15.5 Å². The number of aromatic nitrogens is 2. The monoisotopic (exact) mass is 453 g/mol. The topological polar surface area (TPSA) is 64.0 Å². The first-order chi connectivity index (χ1) is 13.2. The summed E-state index contributed by atoms with van der Waals surface area (Å²) in [6.07, 6.45) is -2.96. The van der Waals surface area contributed by atoms with Gasteiger partial charge in [-0.2, -0.15) is 13.2 Å². The van der Waals surface area contributed by atoms with Gasteiger partial charge in [0, 0.05) is 24.0 Å². The molecule has 0 spiro atoms. The third-order valence-electron chi connectivity index (χ3n) is 4.14. The molecule has 9 heteroatoms. The zero-order valence-electron chi connectivity index (χ0n) is 14.5. The van der Waals surface area contributed by atoms with Crippen LogP contribution in [0.25, 0.3) is 10.9 Å². The van der Waals surface area contributed by atoms with Gasteiger partial charge in [-0.15, -0.1) is 0 Å². The molecule has 3 aromatic rings. The molecule has 0 aliphatic carbocycles. The van der Waals surface area contributed by atoms with Gasteiger partial charge in [0.1, 0.15) is 0 Å². The van der Waals surface area contributed by atoms with Crippen molar-refractivity contribution in [2.75, 3.05) is 0 Å². The molecule has 1 aromatic heterocycles. The van der Waals surface area contributed by atoms with E-state index in [1.165, 1.54) is 23.0 Å². The predicted molar refractivity (Wildman–Crippen MR) is 102 cm³/mol. The molecule has 5 nitrogen and oxygen atoms in total. The second-order valence-electron chi connectivity index (χ2n) is 6.13. The first-order valence-corrected chi connectivity index (χ1v) is 9.11. The molecule has 0 aliphatic rings. The summed E-state index contributed by atoms with van der Waals surface area (Å²) < 4.78 is 39.7. The van der Waals surface area contributed by atoms with Crippen molar-refractivity contribution in [2.45, 2.75) is 25.7 Å². The molecule has 0 fully saturated rings. The van der Waals surface area contributed by atoms with Gasteiger partial charge in [-0.05, 0) is 35.9 Å². The summed E-state index contributed by atoms with van der Waals surface area (Å²) >= 11 is 3.31. The molecule has 28 heavy (non-hydrogen) atoms. The quantitative estimate of drug-likeness (QED) is 0.637. The second kappa shape index (κ2) is 8.14. The van der Waals surface area contributed by atoms with Crippen molar-refractivity contribution in [1.82, 2.24) is 14.9 Å². The van der Waals surface area contributed by atoms with Crippen molar-refractivity contribution in [2.24, 2.45) is 0 Å². The highest BCUT2D eigenvalue weighted by Crippen LogP contribution is 2.29. The maximum absolute atomic E-state index is 12.5. The number of nitrogens with one attached hydrogen (secondary N) is 1. The number of nitrogens with zero attached hydrogens (tertiary/aromatic N) is 2. The fourth-order valence-electron chi connectivity index (χ4n) is 2.61. The summed E-state index contributed by atoms with van der Waals surface area (Å²) in [5.74, 6) is -0.318. The minimum absolute atomic E-state index is 0.0434. The zero-order valence-corrected chi connectivity index (χ0v) is 16.0. The highest BCUT2D eigenvalue weighted by Gasteiger charge is 2.29. The van der Waals surface area contributed by atoms with E-state index in [-0.39, 0.29) is 31.0 Å². The summed E-state index contributed by atoms with van der Waals surface area (Å²) in [7, 11) is 0. The molecule has 0 saturated heterocycles. The molecule has 1 heterocycles. The van der Waals surface area contributed by atoms with E-state index in [1.807, 2.05) is 0 Å². The van der Waals surface area contributed by atoms with Crippen LogP contribution in [0.1, 0.15) is 17.5 Å². The lowest BCUT2D eigenvalue weighted by atomic mass is 10.1. The number of fused-ring (bicyclic) bond motifs is 1. The third-order valence-corrected chi connectivity index (χ3v) is 4.63. The molecular weight excluding hydrogens is 439 g/mol. The van der Waals surface area contributed by atoms with Crippen molar-refractivity contribution in [3.8, 4) is 0 Å². The molecule has 2 aromatic carbocycles. The van der Waals surface area contributed by atoms with Gasteiger partial charge in [0.2, 0.25) is 5.91 Å². The Kier molecular flexibility index (Phi) is 5.83. The Morgan fingerprint density at radius 1 is 1.14 bits per heavy atom. The summed E-state index contributed by atoms with van der Waals surface area (Å²) in [4.78, 5) is 28.7. The van der Waals surface area contributed by atoms with Crippen LogP contribution in [0.15, 0.2) is 58.1 Å². The second-order valence-corrected chi connectivity index (χ2v) is 7.04. The number of halogens is 4. The van der Waals surface area contributed by atoms with E-state index in [0.717, 1.165) is 16.6 Å². The molecule has 0 saturated carbocycles. The number of rotatable bonds is 5. The lowest BCUT2D eigenvalue weighted by Gasteiger charge is -2.09. The minimum atomic E-state index is -4.39. The standard InChI is InChI=1S/C19H15BrF3N3O2/c20-14-5-6-16-15(9-14)18(28)26(11-25-16)8-7-17(27)24-10-12-1-3-13(4-2-12)19(21,22)23/h1-6,9,11H,7-8,10H2,(H,24,27). The van der Waals surface area contributed by atoms with Gasteiger partial charge in [0.15, 0.2) is 0 Å². The van der Waals surface area contributed by atoms with Crippen molar-refractivity contribution in [3.05, 3.63) is 74.7 Å². The van der Waals surface area contributed by atoms with E-state index in [2.05, 4.69) is 26.2 Å². The van der Waals surface area contributed by atoms with Gasteiger partial charge < -0.3 is 5.32 Å². The Balaban J connectivity index is 1.58. The van der Waals surface area contributed by atoms with Crippen molar-refractivity contribution >= 4 is 32.7 Å². The molecule has 1 amide bonds. The maximum atomic E-state index is 12.5. The number of carbonyl (C=O) groups excluding carboxylic acids is 1. The average molecular weight is 454 g/mol. The highest BCUT2D eigenvalue weighted by atomic mass is 79.9. The molecule has 1 N–H and O–H groups in total. The van der Waals surface area contributed by atoms with Crippen molar-refractivity contribution in [3.63, 3.8) is 0 Å². The maximum Gasteiger partial charge on any atom is 0.416 e. The Hall–Kier alpha value is -2.68. The van der Waals surface area contributed by atoms with Crippen LogP contribution >= 0.6 is 15.9 Å². The van der Waals surface area contributed by atoms with Crippen molar-refractivity contribution < 1.29 is 18.0 Å². The zero-order chi connectivity index (χ0) is 20.3. The highest BCUT2D eigenvalue weighted by molar-refractivity contribution is 9.10. The molecular formula is C19H15BrF3N3O2. The summed E-state index contributed by atoms with van der Waals surface area (Å²) in [5.41, 5.74) is 0.131. The van der Waals surface area contributed by atoms with E-state index in [4.69, 9.17) is 0 Å². The van der Waals surface area contributed by atoms with E-state index in [0.29, 0.717) is 16.5 Å². The molecule has 146 valence electrons. The van der Waals surface area contributed by atoms with Gasteiger partial charge in [0.25, 0.3) is 5.56 Å². The molecule has 0 bridgehead atoms. The summed E-state index contributed by atoms with van der Waals surface area (Å²) in [6, 6.07) is 9.76. The van der Waals surface area contributed by atoms with Gasteiger partial charge in [0.05, 0.1) is 22.8 Å². The van der Waals surface area contributed by atoms with Crippen LogP contribution in [0, 0.1) is 0 Å². The Morgan fingerprint density at radius 2 is 1.86 bits per heavy atom. The summed E-state index contributed by atoms with van der Waals surface area (Å²) in [6.45, 7) is 0.252. The first kappa shape index (κ1) is 20.1. The van der Waals surface area contributed by atoms with Crippen LogP contribution in [0.4, 0.5) is 13.2 Å². The van der Waals surface area contributed by atoms with E-state index in [9.17, 15) is 22.8 Å². The number of hydrogen-bond acceptors (Lipinski definition) is 3. The largest absolute Gasteiger partial charge is 0.416 e. The lowest BCUT2D eigenvalue weighted by molar-refractivity contribution is -0.137. The van der Waals surface area contributed by atoms with Crippen molar-refractivity contribution in [1.29, 1.82) is 0 Å². The fourth-order valence-corrected chi connectivity index (χ4v) is 2.97. The number of aryl methyl sites for hydroxylation is 1.